The van der Waals surface area contributed by atoms with Crippen LogP contribution in [0.2, 0.25) is 0 Å². The Balaban J connectivity index is 2.44. The van der Waals surface area contributed by atoms with Gasteiger partial charge in [-0.05, 0) is 17.9 Å². The first-order valence-electron chi connectivity index (χ1n) is 6.63. The van der Waals surface area contributed by atoms with Crippen LogP contribution in [0.15, 0.2) is 24.3 Å². The molecule has 2 rings (SSSR count). The van der Waals surface area contributed by atoms with Crippen LogP contribution >= 0.6 is 11.3 Å². The smallest absolute Gasteiger partial charge is 0.171 e. The summed E-state index contributed by atoms with van der Waals surface area (Å²) in [5.41, 5.74) is 3.33. The van der Waals surface area contributed by atoms with Crippen LogP contribution in [0.25, 0.3) is 10.6 Å². The molecule has 0 radical (unpaired) electrons. The quantitative estimate of drug-likeness (QED) is 0.756. The Kier molecular flexibility index (Phi) is 4.15. The third-order valence-electron chi connectivity index (χ3n) is 3.13. The lowest BCUT2D eigenvalue weighted by Gasteiger charge is -2.01. The first kappa shape index (κ1) is 13.9. The minimum absolute atomic E-state index is 0.109. The number of benzene rings is 1. The van der Waals surface area contributed by atoms with Gasteiger partial charge in [-0.2, -0.15) is 0 Å². The number of aryl methyl sites for hydroxylation is 1. The Morgan fingerprint density at radius 3 is 2.32 bits per heavy atom. The number of ketones is 1. The molecule has 0 aliphatic rings. The number of thiazole rings is 1. The van der Waals surface area contributed by atoms with E-state index in [1.54, 1.807) is 6.92 Å². The summed E-state index contributed by atoms with van der Waals surface area (Å²) in [5.74, 6) is 0.386. The Morgan fingerprint density at radius 2 is 1.89 bits per heavy atom. The molecule has 0 saturated heterocycles. The van der Waals surface area contributed by atoms with E-state index in [4.69, 9.17) is 0 Å². The first-order chi connectivity index (χ1) is 9.02. The summed E-state index contributed by atoms with van der Waals surface area (Å²) in [6.07, 6.45) is 1.04. The zero-order chi connectivity index (χ0) is 14.0. The highest BCUT2D eigenvalue weighted by Crippen LogP contribution is 2.32. The van der Waals surface area contributed by atoms with Gasteiger partial charge in [-0.3, -0.25) is 4.79 Å². The van der Waals surface area contributed by atoms with Crippen molar-refractivity contribution in [3.05, 3.63) is 40.4 Å². The fraction of sp³-hybridized carbons (Fsp3) is 0.375. The van der Waals surface area contributed by atoms with Crippen molar-refractivity contribution in [3.63, 3.8) is 0 Å². The number of Topliss-reactive ketones (excluding diaryl/α,β-unsaturated/α-hetero) is 1. The predicted octanol–water partition coefficient (Wildman–Crippen LogP) is 4.70. The molecule has 0 atom stereocenters. The van der Waals surface area contributed by atoms with Crippen LogP contribution in [0.3, 0.4) is 0 Å². The molecule has 1 aromatic carbocycles. The number of nitrogens with zero attached hydrogens (tertiary/aromatic N) is 1. The molecule has 100 valence electrons. The van der Waals surface area contributed by atoms with Crippen molar-refractivity contribution in [3.8, 4) is 10.6 Å². The molecule has 0 bridgehead atoms. The second-order valence-electron chi connectivity index (χ2n) is 4.99. The van der Waals surface area contributed by atoms with Gasteiger partial charge in [0.2, 0.25) is 0 Å². The topological polar surface area (TPSA) is 30.0 Å². The molecule has 1 aromatic heterocycles. The second kappa shape index (κ2) is 5.66. The highest BCUT2D eigenvalue weighted by Gasteiger charge is 2.18. The van der Waals surface area contributed by atoms with Gasteiger partial charge < -0.3 is 0 Å². The van der Waals surface area contributed by atoms with Gasteiger partial charge >= 0.3 is 0 Å². The van der Waals surface area contributed by atoms with Gasteiger partial charge in [-0.25, -0.2) is 4.98 Å². The molecule has 2 nitrogen and oxygen atoms in total. The summed E-state index contributed by atoms with van der Waals surface area (Å²) < 4.78 is 0. The molecule has 0 N–H and O–H groups in total. The third-order valence-corrected chi connectivity index (χ3v) is 4.35. The van der Waals surface area contributed by atoms with E-state index in [9.17, 15) is 4.79 Å². The Morgan fingerprint density at radius 1 is 1.26 bits per heavy atom. The summed E-state index contributed by atoms with van der Waals surface area (Å²) in [6, 6.07) is 8.43. The standard InChI is InChI=1S/C16H19NOS/c1-5-12-6-8-13(9-7-12)16-17-14(10(2)3)15(19-16)11(4)18/h6-10H,5H2,1-4H3. The van der Waals surface area contributed by atoms with Crippen LogP contribution in [0.4, 0.5) is 0 Å². The normalized spacial score (nSPS) is 11.0. The van der Waals surface area contributed by atoms with Crippen LogP contribution in [0, 0.1) is 0 Å². The molecule has 0 spiro atoms. The number of rotatable bonds is 4. The Bertz CT molecular complexity index is 581. The van der Waals surface area contributed by atoms with Crippen molar-refractivity contribution in [1.29, 1.82) is 0 Å². The van der Waals surface area contributed by atoms with E-state index in [1.165, 1.54) is 16.9 Å². The van der Waals surface area contributed by atoms with Crippen molar-refractivity contribution < 1.29 is 4.79 Å². The number of carbonyl (C=O) groups is 1. The molecule has 0 amide bonds. The van der Waals surface area contributed by atoms with Crippen LogP contribution in [-0.2, 0) is 6.42 Å². The number of hydrogen-bond acceptors (Lipinski definition) is 3. The molecular formula is C16H19NOS. The maximum Gasteiger partial charge on any atom is 0.171 e. The largest absolute Gasteiger partial charge is 0.294 e. The van der Waals surface area contributed by atoms with Gasteiger partial charge in [0.05, 0.1) is 10.6 Å². The summed E-state index contributed by atoms with van der Waals surface area (Å²) >= 11 is 1.50. The second-order valence-corrected chi connectivity index (χ2v) is 5.99. The van der Waals surface area contributed by atoms with E-state index >= 15 is 0 Å². The zero-order valence-corrected chi connectivity index (χ0v) is 12.7. The SMILES string of the molecule is CCc1ccc(-c2nc(C(C)C)c(C(C)=O)s2)cc1. The van der Waals surface area contributed by atoms with Crippen molar-refractivity contribution in [1.82, 2.24) is 4.98 Å². The van der Waals surface area contributed by atoms with Gasteiger partial charge in [-0.15, -0.1) is 11.3 Å². The lowest BCUT2D eigenvalue weighted by molar-refractivity contribution is 0.102. The number of aromatic nitrogens is 1. The molecule has 3 heteroatoms. The average molecular weight is 273 g/mol. The van der Waals surface area contributed by atoms with E-state index in [1.807, 2.05) is 0 Å². The Labute approximate surface area is 118 Å². The molecule has 19 heavy (non-hydrogen) atoms. The average Bonchev–Trinajstić information content (AvgIpc) is 2.84. The van der Waals surface area contributed by atoms with Crippen molar-refractivity contribution in [2.24, 2.45) is 0 Å². The third kappa shape index (κ3) is 2.92. The van der Waals surface area contributed by atoms with Gasteiger partial charge in [0.25, 0.3) is 0 Å². The molecule has 0 aliphatic heterocycles. The minimum atomic E-state index is 0.109. The summed E-state index contributed by atoms with van der Waals surface area (Å²) in [6.45, 7) is 7.91. The molecule has 2 aromatic rings. The maximum absolute atomic E-state index is 11.7. The van der Waals surface area contributed by atoms with Crippen LogP contribution in [0.5, 0.6) is 0 Å². The number of carbonyl (C=O) groups excluding carboxylic acids is 1. The fourth-order valence-corrected chi connectivity index (χ4v) is 3.10. The highest BCUT2D eigenvalue weighted by atomic mass is 32.1. The zero-order valence-electron chi connectivity index (χ0n) is 11.9. The van der Waals surface area contributed by atoms with Gasteiger partial charge in [0, 0.05) is 12.5 Å². The first-order valence-corrected chi connectivity index (χ1v) is 7.45. The minimum Gasteiger partial charge on any atom is -0.294 e. The molecule has 0 fully saturated rings. The van der Waals surface area contributed by atoms with Crippen LogP contribution in [0.1, 0.15) is 54.5 Å². The van der Waals surface area contributed by atoms with E-state index < -0.39 is 0 Å². The Hall–Kier alpha value is -1.48. The monoisotopic (exact) mass is 273 g/mol. The summed E-state index contributed by atoms with van der Waals surface area (Å²) in [5, 5.41) is 0.941. The highest BCUT2D eigenvalue weighted by molar-refractivity contribution is 7.17. The summed E-state index contributed by atoms with van der Waals surface area (Å²) in [7, 11) is 0. The molecule has 1 heterocycles. The van der Waals surface area contributed by atoms with Crippen molar-refractivity contribution in [2.75, 3.05) is 0 Å². The maximum atomic E-state index is 11.7. The van der Waals surface area contributed by atoms with E-state index in [-0.39, 0.29) is 11.7 Å². The van der Waals surface area contributed by atoms with Gasteiger partial charge in [0.15, 0.2) is 5.78 Å². The number of hydrogen-bond donors (Lipinski definition) is 0. The van der Waals surface area contributed by atoms with Gasteiger partial charge in [-0.1, -0.05) is 45.0 Å². The summed E-state index contributed by atoms with van der Waals surface area (Å²) in [4.78, 5) is 17.1. The van der Waals surface area contributed by atoms with E-state index in [0.717, 1.165) is 27.6 Å². The predicted molar refractivity (Wildman–Crippen MR) is 81.0 cm³/mol. The molecule has 0 aliphatic carbocycles. The van der Waals surface area contributed by atoms with Crippen LogP contribution < -0.4 is 0 Å². The molecule has 0 saturated carbocycles. The van der Waals surface area contributed by atoms with E-state index in [0.29, 0.717) is 0 Å². The van der Waals surface area contributed by atoms with Crippen molar-refractivity contribution >= 4 is 17.1 Å². The van der Waals surface area contributed by atoms with E-state index in [2.05, 4.69) is 50.0 Å². The van der Waals surface area contributed by atoms with Crippen LogP contribution in [-0.4, -0.2) is 10.8 Å². The molecular weight excluding hydrogens is 254 g/mol. The fourth-order valence-electron chi connectivity index (χ4n) is 1.98. The van der Waals surface area contributed by atoms with Gasteiger partial charge in [0.1, 0.15) is 5.01 Å². The van der Waals surface area contributed by atoms with Crippen molar-refractivity contribution in [2.45, 2.75) is 40.0 Å². The molecule has 0 unspecified atom stereocenters. The lowest BCUT2D eigenvalue weighted by Crippen LogP contribution is -1.97. The lowest BCUT2D eigenvalue weighted by atomic mass is 10.1.